The van der Waals surface area contributed by atoms with Crippen molar-refractivity contribution >= 4 is 23.4 Å². The van der Waals surface area contributed by atoms with E-state index in [9.17, 15) is 13.6 Å². The Morgan fingerprint density at radius 1 is 0.974 bits per heavy atom. The number of anilines is 2. The third-order valence-corrected chi connectivity index (χ3v) is 5.58. The number of nitrogens with two attached hydrogens (primary N) is 2. The van der Waals surface area contributed by atoms with E-state index < -0.39 is 12.1 Å². The molecule has 0 aromatic heterocycles. The Kier molecular flexibility index (Phi) is 9.92. The minimum absolute atomic E-state index is 0.0675. The first-order valence-electron chi connectivity index (χ1n) is 12.2. The number of hydrogen-bond acceptors (Lipinski definition) is 7. The van der Waals surface area contributed by atoms with Crippen LogP contribution in [0.25, 0.3) is 6.08 Å². The van der Waals surface area contributed by atoms with E-state index in [-0.39, 0.29) is 17.9 Å². The maximum Gasteiger partial charge on any atom is 0.426 e. The van der Waals surface area contributed by atoms with Crippen molar-refractivity contribution in [3.05, 3.63) is 83.4 Å². The van der Waals surface area contributed by atoms with Crippen molar-refractivity contribution in [1.82, 2.24) is 0 Å². The third kappa shape index (κ3) is 8.12. The van der Waals surface area contributed by atoms with Gasteiger partial charge in [0.15, 0.2) is 11.5 Å². The Morgan fingerprint density at radius 2 is 1.74 bits per heavy atom. The van der Waals surface area contributed by atoms with Crippen molar-refractivity contribution < 1.29 is 32.5 Å². The molecule has 3 rings (SSSR count). The molecule has 3 aromatic rings. The Labute approximate surface area is 220 Å². The van der Waals surface area contributed by atoms with E-state index in [1.165, 1.54) is 61.7 Å². The van der Waals surface area contributed by atoms with Gasteiger partial charge in [-0.2, -0.15) is 8.78 Å². The molecule has 4 N–H and O–H groups in total. The highest BCUT2D eigenvalue weighted by Gasteiger charge is 2.34. The van der Waals surface area contributed by atoms with Gasteiger partial charge in [-0.15, -0.1) is 0 Å². The molecule has 38 heavy (non-hydrogen) atoms. The molecule has 0 saturated heterocycles. The topological polar surface area (TPSA) is 106 Å². The molecule has 0 amide bonds. The summed E-state index contributed by atoms with van der Waals surface area (Å²) in [4.78, 5) is 12.0. The number of hydrogen-bond donors (Lipinski definition) is 2. The van der Waals surface area contributed by atoms with Gasteiger partial charge >= 0.3 is 12.1 Å². The molecule has 3 aromatic carbocycles. The number of ether oxygens (including phenoxy) is 4. The van der Waals surface area contributed by atoms with Gasteiger partial charge in [-0.3, -0.25) is 0 Å². The number of rotatable bonds is 13. The molecule has 0 atom stereocenters. The minimum Gasteiger partial charge on any atom is -0.493 e. The monoisotopic (exact) mass is 526 g/mol. The number of methoxy groups -OCH3 is 1. The van der Waals surface area contributed by atoms with Gasteiger partial charge in [0, 0.05) is 29.9 Å². The summed E-state index contributed by atoms with van der Waals surface area (Å²) in [7, 11) is 1.43. The SMILES string of the molecule is CCCCOc1ccc(OC(F)(F)c2ccc(/C=C/C(=O)OCCc3ccc(N)cc3N)cc2)cc1OC. The van der Waals surface area contributed by atoms with Crippen molar-refractivity contribution in [3.8, 4) is 17.2 Å². The van der Waals surface area contributed by atoms with Crippen LogP contribution in [0.5, 0.6) is 17.2 Å². The highest BCUT2D eigenvalue weighted by Crippen LogP contribution is 2.36. The summed E-state index contributed by atoms with van der Waals surface area (Å²) in [5.74, 6) is 0.134. The largest absolute Gasteiger partial charge is 0.493 e. The number of carbonyl (C=O) groups is 1. The lowest BCUT2D eigenvalue weighted by Gasteiger charge is -2.19. The molecule has 0 bridgehead atoms. The van der Waals surface area contributed by atoms with Crippen molar-refractivity contribution in [2.24, 2.45) is 0 Å². The molecule has 0 radical (unpaired) electrons. The minimum atomic E-state index is -3.60. The molecule has 0 aliphatic rings. The van der Waals surface area contributed by atoms with Crippen LogP contribution in [0.3, 0.4) is 0 Å². The molecule has 0 unspecified atom stereocenters. The normalized spacial score (nSPS) is 11.4. The number of halogens is 2. The van der Waals surface area contributed by atoms with Crippen LogP contribution < -0.4 is 25.7 Å². The molecular formula is C29H32F2N2O5. The van der Waals surface area contributed by atoms with Crippen LogP contribution in [-0.2, 0) is 22.1 Å². The van der Waals surface area contributed by atoms with Crippen LogP contribution >= 0.6 is 0 Å². The second-order valence-electron chi connectivity index (χ2n) is 8.46. The zero-order valence-corrected chi connectivity index (χ0v) is 21.4. The predicted molar refractivity (Wildman–Crippen MR) is 143 cm³/mol. The smallest absolute Gasteiger partial charge is 0.426 e. The van der Waals surface area contributed by atoms with E-state index in [1.807, 2.05) is 6.92 Å². The molecule has 0 aliphatic carbocycles. The molecule has 0 spiro atoms. The number of nitrogen functional groups attached to an aromatic ring is 2. The predicted octanol–water partition coefficient (Wildman–Crippen LogP) is 5.97. The van der Waals surface area contributed by atoms with Gasteiger partial charge in [0.25, 0.3) is 0 Å². The first-order valence-corrected chi connectivity index (χ1v) is 12.2. The number of esters is 1. The Hall–Kier alpha value is -4.27. The molecule has 0 heterocycles. The summed E-state index contributed by atoms with van der Waals surface area (Å²) in [6.45, 7) is 2.68. The Bertz CT molecular complexity index is 1250. The van der Waals surface area contributed by atoms with Gasteiger partial charge in [0.05, 0.1) is 25.9 Å². The quantitative estimate of drug-likeness (QED) is 0.122. The van der Waals surface area contributed by atoms with Crippen LogP contribution in [-0.4, -0.2) is 26.3 Å². The Balaban J connectivity index is 1.55. The third-order valence-electron chi connectivity index (χ3n) is 5.58. The Morgan fingerprint density at radius 3 is 2.42 bits per heavy atom. The molecule has 7 nitrogen and oxygen atoms in total. The molecule has 9 heteroatoms. The second kappa shape index (κ2) is 13.3. The lowest BCUT2D eigenvalue weighted by molar-refractivity contribution is -0.185. The average Bonchev–Trinajstić information content (AvgIpc) is 2.89. The van der Waals surface area contributed by atoms with Crippen LogP contribution in [0.1, 0.15) is 36.5 Å². The van der Waals surface area contributed by atoms with E-state index in [0.29, 0.717) is 41.5 Å². The van der Waals surface area contributed by atoms with Crippen molar-refractivity contribution in [1.29, 1.82) is 0 Å². The van der Waals surface area contributed by atoms with Crippen LogP contribution in [0.15, 0.2) is 66.7 Å². The highest BCUT2D eigenvalue weighted by molar-refractivity contribution is 5.87. The van der Waals surface area contributed by atoms with Crippen molar-refractivity contribution in [2.45, 2.75) is 32.3 Å². The van der Waals surface area contributed by atoms with Crippen molar-refractivity contribution in [3.63, 3.8) is 0 Å². The van der Waals surface area contributed by atoms with E-state index in [0.717, 1.165) is 18.4 Å². The van der Waals surface area contributed by atoms with E-state index >= 15 is 0 Å². The average molecular weight is 527 g/mol. The fraction of sp³-hybridized carbons (Fsp3) is 0.276. The molecule has 0 saturated carbocycles. The fourth-order valence-corrected chi connectivity index (χ4v) is 3.47. The number of alkyl halides is 2. The molecule has 0 fully saturated rings. The second-order valence-corrected chi connectivity index (χ2v) is 8.46. The zero-order chi connectivity index (χ0) is 27.5. The standard InChI is InChI=1S/C29H32F2N2O5/c1-3-4-16-36-26-13-12-24(19-27(26)35-2)38-29(30,31)22-9-5-20(6-10-22)7-14-28(34)37-17-15-21-8-11-23(32)18-25(21)33/h5-14,18-19H,3-4,15-17,32-33H2,1-2H3/b14-7+. The number of unbranched alkanes of at least 4 members (excludes halogenated alkanes) is 1. The maximum absolute atomic E-state index is 14.8. The van der Waals surface area contributed by atoms with Gasteiger partial charge in [-0.25, -0.2) is 4.79 Å². The van der Waals surface area contributed by atoms with Crippen LogP contribution in [0.4, 0.5) is 20.2 Å². The summed E-state index contributed by atoms with van der Waals surface area (Å²) < 4.78 is 50.6. The summed E-state index contributed by atoms with van der Waals surface area (Å²) in [5, 5.41) is 0. The summed E-state index contributed by atoms with van der Waals surface area (Å²) in [5.41, 5.74) is 13.7. The first-order chi connectivity index (χ1) is 18.2. The van der Waals surface area contributed by atoms with Gasteiger partial charge in [0.1, 0.15) is 5.75 Å². The summed E-state index contributed by atoms with van der Waals surface area (Å²) in [6, 6.07) is 14.8. The van der Waals surface area contributed by atoms with Gasteiger partial charge in [-0.05, 0) is 60.0 Å². The van der Waals surface area contributed by atoms with Crippen LogP contribution in [0, 0.1) is 0 Å². The first kappa shape index (κ1) is 28.3. The zero-order valence-electron chi connectivity index (χ0n) is 21.4. The van der Waals surface area contributed by atoms with E-state index in [2.05, 4.69) is 0 Å². The van der Waals surface area contributed by atoms with E-state index in [4.69, 9.17) is 30.4 Å². The number of benzene rings is 3. The fourth-order valence-electron chi connectivity index (χ4n) is 3.47. The summed E-state index contributed by atoms with van der Waals surface area (Å²) >= 11 is 0. The highest BCUT2D eigenvalue weighted by atomic mass is 19.3. The molecular weight excluding hydrogens is 494 g/mol. The van der Waals surface area contributed by atoms with Gasteiger partial charge in [0.2, 0.25) is 0 Å². The van der Waals surface area contributed by atoms with Gasteiger partial charge < -0.3 is 30.4 Å². The van der Waals surface area contributed by atoms with Crippen LogP contribution in [0.2, 0.25) is 0 Å². The van der Waals surface area contributed by atoms with E-state index in [1.54, 1.807) is 18.2 Å². The lowest BCUT2D eigenvalue weighted by Crippen LogP contribution is -2.21. The summed E-state index contributed by atoms with van der Waals surface area (Å²) in [6.07, 6.45) is 1.38. The van der Waals surface area contributed by atoms with Gasteiger partial charge in [-0.1, -0.05) is 31.5 Å². The molecule has 0 aliphatic heterocycles. The number of carbonyl (C=O) groups excluding carboxylic acids is 1. The van der Waals surface area contributed by atoms with Crippen molar-refractivity contribution in [2.75, 3.05) is 31.8 Å². The molecule has 202 valence electrons. The lowest BCUT2D eigenvalue weighted by atomic mass is 10.1. The maximum atomic E-state index is 14.8.